The maximum atomic E-state index is 8.54. The smallest absolute Gasteiger partial charge is 0.0701 e. The molecule has 0 fully saturated rings. The van der Waals surface area contributed by atoms with Crippen LogP contribution in [0.3, 0.4) is 0 Å². The lowest BCUT2D eigenvalue weighted by atomic mass is 10.1. The molecule has 0 atom stereocenters. The van der Waals surface area contributed by atoms with Gasteiger partial charge < -0.3 is 34.3 Å². The van der Waals surface area contributed by atoms with Crippen molar-refractivity contribution < 1.29 is 34.3 Å². The maximum absolute atomic E-state index is 8.54. The van der Waals surface area contributed by atoms with Crippen LogP contribution in [0.15, 0.2) is 0 Å². The molecule has 0 saturated heterocycles. The summed E-state index contributed by atoms with van der Waals surface area (Å²) in [7, 11) is 0. The van der Waals surface area contributed by atoms with Crippen LogP contribution in [0.25, 0.3) is 0 Å². The highest BCUT2D eigenvalue weighted by Crippen LogP contribution is 2.10. The molecule has 0 heterocycles. The molecule has 0 rings (SSSR count). The summed E-state index contributed by atoms with van der Waals surface area (Å²) in [5.41, 5.74) is 0. The lowest BCUT2D eigenvalue weighted by Crippen LogP contribution is -2.13. The molecule has 0 spiro atoms. The molecule has 0 aromatic heterocycles. The summed E-state index contributed by atoms with van der Waals surface area (Å²) in [6, 6.07) is 0. The van der Waals surface area contributed by atoms with E-state index in [1.165, 1.54) is 57.8 Å². The molecule has 0 aliphatic carbocycles. The van der Waals surface area contributed by atoms with Crippen LogP contribution in [0.2, 0.25) is 0 Å². The highest BCUT2D eigenvalue weighted by atomic mass is 16.6. The predicted molar refractivity (Wildman–Crippen MR) is 117 cm³/mol. The number of hydrogen-bond donors (Lipinski definition) is 1. The molecule has 0 aliphatic heterocycles. The van der Waals surface area contributed by atoms with Crippen LogP contribution < -0.4 is 0 Å². The van der Waals surface area contributed by atoms with Crippen molar-refractivity contribution in [2.24, 2.45) is 0 Å². The Labute approximate surface area is 178 Å². The van der Waals surface area contributed by atoms with Gasteiger partial charge in [-0.25, -0.2) is 0 Å². The third kappa shape index (κ3) is 30.0. The third-order valence-electron chi connectivity index (χ3n) is 4.37. The second-order valence-electron chi connectivity index (χ2n) is 6.97. The van der Waals surface area contributed by atoms with Gasteiger partial charge in [0.25, 0.3) is 0 Å². The van der Waals surface area contributed by atoms with Crippen molar-refractivity contribution in [1.29, 1.82) is 0 Å². The van der Waals surface area contributed by atoms with E-state index in [-0.39, 0.29) is 12.1 Å². The predicted octanol–water partition coefficient (Wildman–Crippen LogP) is 3.16. The van der Waals surface area contributed by atoms with E-state index < -0.39 is 0 Å². The van der Waals surface area contributed by atoms with Crippen LogP contribution in [0, 0.1) is 0 Å². The van der Waals surface area contributed by atoms with E-state index in [1.807, 2.05) is 0 Å². The van der Waals surface area contributed by atoms with Gasteiger partial charge in [-0.2, -0.15) is 0 Å². The van der Waals surface area contributed by atoms with Crippen molar-refractivity contribution in [3.05, 3.63) is 0 Å². The fourth-order valence-corrected chi connectivity index (χ4v) is 2.74. The van der Waals surface area contributed by atoms with Gasteiger partial charge in [0.05, 0.1) is 66.1 Å². The van der Waals surface area contributed by atoms with Crippen molar-refractivity contribution in [3.8, 4) is 0 Å². The molecule has 0 bridgehead atoms. The second-order valence-corrected chi connectivity index (χ2v) is 6.97. The van der Waals surface area contributed by atoms with Gasteiger partial charge in [0.15, 0.2) is 0 Å². The molecule has 0 amide bonds. The van der Waals surface area contributed by atoms with Gasteiger partial charge in [-0.3, -0.25) is 0 Å². The molecule has 0 radical (unpaired) electrons. The zero-order valence-corrected chi connectivity index (χ0v) is 18.8. The molecule has 178 valence electrons. The molecule has 0 aliphatic rings. The first-order valence-corrected chi connectivity index (χ1v) is 11.4. The van der Waals surface area contributed by atoms with Crippen LogP contribution in [-0.4, -0.2) is 83.3 Å². The molecule has 0 aromatic carbocycles. The third-order valence-corrected chi connectivity index (χ3v) is 4.37. The van der Waals surface area contributed by atoms with Gasteiger partial charge >= 0.3 is 0 Å². The highest BCUT2D eigenvalue weighted by molar-refractivity contribution is 4.47. The zero-order valence-electron chi connectivity index (χ0n) is 18.8. The number of rotatable bonds is 25. The van der Waals surface area contributed by atoms with Crippen molar-refractivity contribution in [1.82, 2.24) is 0 Å². The van der Waals surface area contributed by atoms with Crippen LogP contribution in [0.4, 0.5) is 0 Å². The van der Waals surface area contributed by atoms with Gasteiger partial charge in [-0.1, -0.05) is 64.7 Å². The summed E-state index contributed by atoms with van der Waals surface area (Å²) in [6.45, 7) is 8.09. The minimum atomic E-state index is 0. The molecule has 29 heavy (non-hydrogen) atoms. The Kier molecular flexibility index (Phi) is 31.9. The first-order chi connectivity index (χ1) is 13.9. The largest absolute Gasteiger partial charge is 0.412 e. The summed E-state index contributed by atoms with van der Waals surface area (Å²) >= 11 is 0. The van der Waals surface area contributed by atoms with E-state index >= 15 is 0 Å². The minimum absolute atomic E-state index is 0. The van der Waals surface area contributed by atoms with Gasteiger partial charge in [0.2, 0.25) is 0 Å². The normalized spacial score (nSPS) is 11.0. The number of ether oxygens (including phenoxy) is 5. The van der Waals surface area contributed by atoms with Crippen LogP contribution in [0.1, 0.15) is 71.1 Å². The molecule has 3 N–H and O–H groups in total. The Morgan fingerprint density at radius 1 is 0.414 bits per heavy atom. The fourth-order valence-electron chi connectivity index (χ4n) is 2.74. The average Bonchev–Trinajstić information content (AvgIpc) is 2.71. The monoisotopic (exact) mass is 424 g/mol. The summed E-state index contributed by atoms with van der Waals surface area (Å²) in [5.74, 6) is 0. The van der Waals surface area contributed by atoms with E-state index in [2.05, 4.69) is 6.92 Å². The van der Waals surface area contributed by atoms with Crippen molar-refractivity contribution in [2.45, 2.75) is 71.1 Å². The first-order valence-electron chi connectivity index (χ1n) is 11.4. The Morgan fingerprint density at radius 3 is 1.10 bits per heavy atom. The molecular formula is C22H48O7. The van der Waals surface area contributed by atoms with Crippen LogP contribution in [-0.2, 0) is 23.7 Å². The van der Waals surface area contributed by atoms with E-state index in [4.69, 9.17) is 28.8 Å². The molecule has 0 unspecified atom stereocenters. The summed E-state index contributed by atoms with van der Waals surface area (Å²) in [6.07, 6.45) is 13.5. The van der Waals surface area contributed by atoms with Crippen LogP contribution >= 0.6 is 0 Å². The molecule has 7 heteroatoms. The minimum Gasteiger partial charge on any atom is -0.412 e. The Morgan fingerprint density at radius 2 is 0.724 bits per heavy atom. The Balaban J connectivity index is 0. The molecule has 0 saturated carbocycles. The molecular weight excluding hydrogens is 376 g/mol. The highest BCUT2D eigenvalue weighted by Gasteiger charge is 1.95. The van der Waals surface area contributed by atoms with Gasteiger partial charge in [-0.15, -0.1) is 0 Å². The van der Waals surface area contributed by atoms with Gasteiger partial charge in [-0.05, 0) is 6.42 Å². The lowest BCUT2D eigenvalue weighted by Gasteiger charge is -2.08. The zero-order chi connectivity index (χ0) is 20.4. The SMILES string of the molecule is CCCCCCCCCCCCOCCOCCOCCOCCOCCO.O. The Hall–Kier alpha value is -0.280. The lowest BCUT2D eigenvalue weighted by molar-refractivity contribution is -0.0134. The van der Waals surface area contributed by atoms with Crippen molar-refractivity contribution >= 4 is 0 Å². The fraction of sp³-hybridized carbons (Fsp3) is 1.00. The average molecular weight is 425 g/mol. The van der Waals surface area contributed by atoms with Crippen LogP contribution in [0.5, 0.6) is 0 Å². The number of aliphatic hydroxyl groups is 1. The summed E-state index contributed by atoms with van der Waals surface area (Å²) in [4.78, 5) is 0. The second kappa shape index (κ2) is 29.9. The van der Waals surface area contributed by atoms with Gasteiger partial charge in [0.1, 0.15) is 0 Å². The number of unbranched alkanes of at least 4 members (excludes halogenated alkanes) is 9. The summed E-state index contributed by atoms with van der Waals surface area (Å²) in [5, 5.41) is 8.54. The van der Waals surface area contributed by atoms with Crippen molar-refractivity contribution in [2.75, 3.05) is 72.7 Å². The molecule has 0 aromatic rings. The van der Waals surface area contributed by atoms with Crippen molar-refractivity contribution in [3.63, 3.8) is 0 Å². The van der Waals surface area contributed by atoms with Gasteiger partial charge in [0, 0.05) is 6.61 Å². The van der Waals surface area contributed by atoms with E-state index in [0.717, 1.165) is 13.0 Å². The van der Waals surface area contributed by atoms with E-state index in [9.17, 15) is 0 Å². The topological polar surface area (TPSA) is 97.9 Å². The van der Waals surface area contributed by atoms with E-state index in [0.29, 0.717) is 59.5 Å². The standard InChI is InChI=1S/C22H46O6.H2O/c1-2-3-4-5-6-7-8-9-10-11-13-24-15-17-26-19-21-28-22-20-27-18-16-25-14-12-23;/h23H,2-22H2,1H3;1H2. The summed E-state index contributed by atoms with van der Waals surface area (Å²) < 4.78 is 26.9. The Bertz CT molecular complexity index is 242. The first kappa shape index (κ1) is 30.9. The maximum Gasteiger partial charge on any atom is 0.0701 e. The number of aliphatic hydroxyl groups excluding tert-OH is 1. The quantitative estimate of drug-likeness (QED) is 0.226. The van der Waals surface area contributed by atoms with E-state index in [1.54, 1.807) is 0 Å². The molecule has 7 nitrogen and oxygen atoms in total. The number of hydrogen-bond acceptors (Lipinski definition) is 6.